The summed E-state index contributed by atoms with van der Waals surface area (Å²) in [5, 5.41) is 6.27. The number of thiazole rings is 1. The first kappa shape index (κ1) is 14.7. The van der Waals surface area contributed by atoms with Gasteiger partial charge >= 0.3 is 0 Å². The van der Waals surface area contributed by atoms with Crippen LogP contribution < -0.4 is 10.6 Å². The molecule has 1 aliphatic heterocycles. The second-order valence-corrected chi connectivity index (χ2v) is 5.71. The summed E-state index contributed by atoms with van der Waals surface area (Å²) < 4.78 is 5.34. The number of methoxy groups -OCH3 is 1. The Kier molecular flexibility index (Phi) is 4.78. The third-order valence-electron chi connectivity index (χ3n) is 3.54. The lowest BCUT2D eigenvalue weighted by molar-refractivity contribution is 0.0782. The number of carbonyl (C=O) groups excluding carboxylic acids is 1. The van der Waals surface area contributed by atoms with Crippen molar-refractivity contribution in [2.45, 2.75) is 30.9 Å². The molecule has 0 radical (unpaired) electrons. The predicted octanol–water partition coefficient (Wildman–Crippen LogP) is 1.16. The molecule has 0 bridgehead atoms. The topological polar surface area (TPSA) is 63.2 Å². The molecule has 2 heterocycles. The van der Waals surface area contributed by atoms with Gasteiger partial charge in [-0.2, -0.15) is 0 Å². The van der Waals surface area contributed by atoms with E-state index in [0.29, 0.717) is 5.92 Å². The van der Waals surface area contributed by atoms with Crippen molar-refractivity contribution >= 4 is 29.7 Å². The third-order valence-corrected chi connectivity index (χ3v) is 4.38. The lowest BCUT2D eigenvalue weighted by Gasteiger charge is -2.18. The SMILES string of the molecule is CO[C@H]1CNCC1NC(=O)c1scnc1C1CC1.Cl. The molecular formula is C12H18ClN3O2S. The molecule has 1 aromatic heterocycles. The molecule has 2 N–H and O–H groups in total. The average Bonchev–Trinajstić information content (AvgIpc) is 2.93. The van der Waals surface area contributed by atoms with Gasteiger partial charge in [0.2, 0.25) is 0 Å². The van der Waals surface area contributed by atoms with Crippen molar-refractivity contribution in [2.75, 3.05) is 20.2 Å². The molecule has 2 aliphatic rings. The number of hydrogen-bond acceptors (Lipinski definition) is 5. The summed E-state index contributed by atoms with van der Waals surface area (Å²) in [6, 6.07) is 0.0525. The zero-order valence-corrected chi connectivity index (χ0v) is 12.4. The van der Waals surface area contributed by atoms with E-state index in [9.17, 15) is 4.79 Å². The summed E-state index contributed by atoms with van der Waals surface area (Å²) in [7, 11) is 1.68. The van der Waals surface area contributed by atoms with Crippen LogP contribution in [0.15, 0.2) is 5.51 Å². The minimum atomic E-state index is -0.00449. The second-order valence-electron chi connectivity index (χ2n) is 4.85. The average molecular weight is 304 g/mol. The zero-order valence-electron chi connectivity index (χ0n) is 10.7. The predicted molar refractivity (Wildman–Crippen MR) is 76.3 cm³/mol. The molecule has 1 amide bonds. The van der Waals surface area contributed by atoms with Gasteiger partial charge in [-0.1, -0.05) is 0 Å². The van der Waals surface area contributed by atoms with E-state index in [0.717, 1.165) is 36.5 Å². The molecule has 5 nitrogen and oxygen atoms in total. The van der Waals surface area contributed by atoms with Crippen LogP contribution in [-0.2, 0) is 4.74 Å². The first-order chi connectivity index (χ1) is 8.79. The Morgan fingerprint density at radius 2 is 2.32 bits per heavy atom. The minimum Gasteiger partial charge on any atom is -0.378 e. The Hall–Kier alpha value is -0.690. The molecule has 1 unspecified atom stereocenters. The molecule has 1 aromatic rings. The first-order valence-corrected chi connectivity index (χ1v) is 7.15. The van der Waals surface area contributed by atoms with E-state index in [4.69, 9.17) is 4.74 Å². The Morgan fingerprint density at radius 1 is 1.53 bits per heavy atom. The maximum Gasteiger partial charge on any atom is 0.263 e. The number of ether oxygens (including phenoxy) is 1. The van der Waals surface area contributed by atoms with Crippen LogP contribution in [0.1, 0.15) is 34.1 Å². The number of rotatable bonds is 4. The van der Waals surface area contributed by atoms with Crippen LogP contribution in [0, 0.1) is 0 Å². The summed E-state index contributed by atoms with van der Waals surface area (Å²) in [5.74, 6) is 0.507. The minimum absolute atomic E-state index is 0. The lowest BCUT2D eigenvalue weighted by atomic mass is 10.2. The number of amides is 1. The van der Waals surface area contributed by atoms with Crippen molar-refractivity contribution in [3.8, 4) is 0 Å². The molecule has 1 saturated carbocycles. The molecule has 2 atom stereocenters. The highest BCUT2D eigenvalue weighted by molar-refractivity contribution is 7.11. The smallest absolute Gasteiger partial charge is 0.263 e. The Labute approximate surface area is 122 Å². The van der Waals surface area contributed by atoms with E-state index in [2.05, 4.69) is 15.6 Å². The maximum absolute atomic E-state index is 12.3. The van der Waals surface area contributed by atoms with E-state index >= 15 is 0 Å². The van der Waals surface area contributed by atoms with Gasteiger partial charge in [0, 0.05) is 26.1 Å². The Balaban J connectivity index is 0.00000133. The molecule has 0 spiro atoms. The molecule has 1 saturated heterocycles. The fourth-order valence-electron chi connectivity index (χ4n) is 2.35. The van der Waals surface area contributed by atoms with Crippen molar-refractivity contribution < 1.29 is 9.53 Å². The van der Waals surface area contributed by atoms with Gasteiger partial charge in [0.25, 0.3) is 5.91 Å². The van der Waals surface area contributed by atoms with Crippen LogP contribution in [0.3, 0.4) is 0 Å². The largest absolute Gasteiger partial charge is 0.378 e. The van der Waals surface area contributed by atoms with Gasteiger partial charge in [-0.25, -0.2) is 4.98 Å². The normalized spacial score (nSPS) is 25.9. The van der Waals surface area contributed by atoms with E-state index in [-0.39, 0.29) is 30.5 Å². The first-order valence-electron chi connectivity index (χ1n) is 6.27. The number of halogens is 1. The van der Waals surface area contributed by atoms with E-state index in [1.807, 2.05) is 0 Å². The van der Waals surface area contributed by atoms with Crippen LogP contribution in [0.25, 0.3) is 0 Å². The van der Waals surface area contributed by atoms with Crippen LogP contribution in [0.2, 0.25) is 0 Å². The van der Waals surface area contributed by atoms with Crippen LogP contribution in [0.5, 0.6) is 0 Å². The molecule has 1 aliphatic carbocycles. The van der Waals surface area contributed by atoms with E-state index < -0.39 is 0 Å². The molecule has 7 heteroatoms. The number of hydrogen-bond donors (Lipinski definition) is 2. The van der Waals surface area contributed by atoms with Gasteiger partial charge in [0.1, 0.15) is 4.88 Å². The van der Waals surface area contributed by atoms with Crippen molar-refractivity contribution in [1.29, 1.82) is 0 Å². The number of aromatic nitrogens is 1. The molecule has 106 valence electrons. The molecule has 3 rings (SSSR count). The highest BCUT2D eigenvalue weighted by Gasteiger charge is 2.33. The summed E-state index contributed by atoms with van der Waals surface area (Å²) in [6.07, 6.45) is 2.39. The van der Waals surface area contributed by atoms with E-state index in [1.165, 1.54) is 11.3 Å². The molecular weight excluding hydrogens is 286 g/mol. The van der Waals surface area contributed by atoms with Gasteiger partial charge in [-0.05, 0) is 12.8 Å². The molecule has 19 heavy (non-hydrogen) atoms. The number of nitrogens with one attached hydrogen (secondary N) is 2. The summed E-state index contributed by atoms with van der Waals surface area (Å²) >= 11 is 1.43. The monoisotopic (exact) mass is 303 g/mol. The van der Waals surface area contributed by atoms with Crippen LogP contribution in [-0.4, -0.2) is 43.2 Å². The fourth-order valence-corrected chi connectivity index (χ4v) is 3.13. The maximum atomic E-state index is 12.3. The van der Waals surface area contributed by atoms with Crippen LogP contribution in [0.4, 0.5) is 0 Å². The van der Waals surface area contributed by atoms with Gasteiger partial charge in [0.05, 0.1) is 23.4 Å². The number of carbonyl (C=O) groups is 1. The Morgan fingerprint density at radius 3 is 3.00 bits per heavy atom. The lowest BCUT2D eigenvalue weighted by Crippen LogP contribution is -2.43. The molecule has 2 fully saturated rings. The van der Waals surface area contributed by atoms with E-state index in [1.54, 1.807) is 12.6 Å². The third kappa shape index (κ3) is 3.08. The van der Waals surface area contributed by atoms with Crippen LogP contribution >= 0.6 is 23.7 Å². The molecule has 0 aromatic carbocycles. The summed E-state index contributed by atoms with van der Waals surface area (Å²) in [5.41, 5.74) is 2.75. The zero-order chi connectivity index (χ0) is 12.5. The fraction of sp³-hybridized carbons (Fsp3) is 0.667. The second kappa shape index (κ2) is 6.17. The highest BCUT2D eigenvalue weighted by Crippen LogP contribution is 2.41. The quantitative estimate of drug-likeness (QED) is 0.876. The number of nitrogens with zero attached hydrogens (tertiary/aromatic N) is 1. The Bertz CT molecular complexity index is 450. The van der Waals surface area contributed by atoms with Crippen molar-refractivity contribution in [3.05, 3.63) is 16.1 Å². The summed E-state index contributed by atoms with van der Waals surface area (Å²) in [6.45, 7) is 1.56. The van der Waals surface area contributed by atoms with Crippen molar-refractivity contribution in [1.82, 2.24) is 15.6 Å². The van der Waals surface area contributed by atoms with Gasteiger partial charge in [-0.3, -0.25) is 4.79 Å². The van der Waals surface area contributed by atoms with Gasteiger partial charge < -0.3 is 15.4 Å². The van der Waals surface area contributed by atoms with Gasteiger partial charge in [-0.15, -0.1) is 23.7 Å². The highest BCUT2D eigenvalue weighted by atomic mass is 35.5. The van der Waals surface area contributed by atoms with Crippen molar-refractivity contribution in [2.24, 2.45) is 0 Å². The standard InChI is InChI=1S/C12H17N3O2S.ClH/c1-17-9-5-13-4-8(9)15-12(16)11-10(7-2-3-7)14-6-18-11;/h6-9,13H,2-5H2,1H3,(H,15,16);1H/t8?,9-;/m0./s1. The summed E-state index contributed by atoms with van der Waals surface area (Å²) in [4.78, 5) is 17.4. The van der Waals surface area contributed by atoms with Gasteiger partial charge in [0.15, 0.2) is 0 Å². The van der Waals surface area contributed by atoms with Crippen molar-refractivity contribution in [3.63, 3.8) is 0 Å².